The van der Waals surface area contributed by atoms with Crippen LogP contribution in [0.4, 0.5) is 11.4 Å². The zero-order valence-corrected chi connectivity index (χ0v) is 10.7. The Hall–Kier alpha value is -0.750. The molecular formula is C9H13BrN2O2S. The largest absolute Gasteiger partial charge is 0.399 e. The van der Waals surface area contributed by atoms with Gasteiger partial charge >= 0.3 is 0 Å². The van der Waals surface area contributed by atoms with Crippen LogP contribution in [0.15, 0.2) is 22.7 Å². The zero-order valence-electron chi connectivity index (χ0n) is 8.33. The van der Waals surface area contributed by atoms with Gasteiger partial charge in [-0.15, -0.1) is 0 Å². The number of benzene rings is 1. The summed E-state index contributed by atoms with van der Waals surface area (Å²) in [6, 6.07) is 4.98. The van der Waals surface area contributed by atoms with Gasteiger partial charge in [0.25, 0.3) is 0 Å². The molecule has 1 aromatic carbocycles. The Kier molecular flexibility index (Phi) is 3.98. The lowest BCUT2D eigenvalue weighted by Crippen LogP contribution is -2.16. The number of hydrogen-bond donors (Lipinski definition) is 2. The van der Waals surface area contributed by atoms with Crippen molar-refractivity contribution in [3.05, 3.63) is 22.7 Å². The molecule has 3 N–H and O–H groups in total. The predicted octanol–water partition coefficient (Wildman–Crippen LogP) is 2.18. The second kappa shape index (κ2) is 4.85. The molecule has 1 rings (SSSR count). The predicted molar refractivity (Wildman–Crippen MR) is 66.3 cm³/mol. The van der Waals surface area contributed by atoms with Gasteiger partial charge in [0.2, 0.25) is 10.0 Å². The number of rotatable bonds is 4. The van der Waals surface area contributed by atoms with Crippen molar-refractivity contribution in [3.8, 4) is 0 Å². The normalized spacial score (nSPS) is 11.3. The van der Waals surface area contributed by atoms with Crippen LogP contribution in [0.25, 0.3) is 0 Å². The van der Waals surface area contributed by atoms with Crippen LogP contribution >= 0.6 is 15.9 Å². The first-order valence-corrected chi connectivity index (χ1v) is 6.94. The van der Waals surface area contributed by atoms with Crippen LogP contribution in [0.2, 0.25) is 0 Å². The highest BCUT2D eigenvalue weighted by Crippen LogP contribution is 2.25. The van der Waals surface area contributed by atoms with Crippen molar-refractivity contribution in [3.63, 3.8) is 0 Å². The SMILES string of the molecule is CCCS(=O)(=O)Nc1cc(N)ccc1Br. The topological polar surface area (TPSA) is 72.2 Å². The smallest absolute Gasteiger partial charge is 0.232 e. The number of halogens is 1. The van der Waals surface area contributed by atoms with Gasteiger partial charge in [-0.25, -0.2) is 8.42 Å². The number of sulfonamides is 1. The quantitative estimate of drug-likeness (QED) is 0.836. The molecule has 0 fully saturated rings. The Morgan fingerprint density at radius 3 is 2.73 bits per heavy atom. The van der Waals surface area contributed by atoms with Crippen molar-refractivity contribution in [2.45, 2.75) is 13.3 Å². The first kappa shape index (κ1) is 12.3. The van der Waals surface area contributed by atoms with E-state index in [2.05, 4.69) is 20.7 Å². The minimum atomic E-state index is -3.26. The van der Waals surface area contributed by atoms with Crippen molar-refractivity contribution < 1.29 is 8.42 Å². The van der Waals surface area contributed by atoms with E-state index >= 15 is 0 Å². The minimum absolute atomic E-state index is 0.105. The van der Waals surface area contributed by atoms with Crippen LogP contribution < -0.4 is 10.5 Å². The van der Waals surface area contributed by atoms with Gasteiger partial charge in [0.15, 0.2) is 0 Å². The summed E-state index contributed by atoms with van der Waals surface area (Å²) in [6.07, 6.45) is 0.579. The summed E-state index contributed by atoms with van der Waals surface area (Å²) in [6.45, 7) is 1.81. The van der Waals surface area contributed by atoms with Gasteiger partial charge in [0.05, 0.1) is 11.4 Å². The highest BCUT2D eigenvalue weighted by atomic mass is 79.9. The van der Waals surface area contributed by atoms with Crippen molar-refractivity contribution in [1.82, 2.24) is 0 Å². The first-order valence-electron chi connectivity index (χ1n) is 4.50. The third-order valence-electron chi connectivity index (χ3n) is 1.73. The highest BCUT2D eigenvalue weighted by Gasteiger charge is 2.10. The molecule has 0 heterocycles. The third kappa shape index (κ3) is 3.71. The Bertz CT molecular complexity index is 445. The molecule has 0 aliphatic heterocycles. The summed E-state index contributed by atoms with van der Waals surface area (Å²) < 4.78 is 26.1. The Morgan fingerprint density at radius 2 is 2.13 bits per heavy atom. The van der Waals surface area contributed by atoms with E-state index in [-0.39, 0.29) is 5.75 Å². The Morgan fingerprint density at radius 1 is 1.47 bits per heavy atom. The minimum Gasteiger partial charge on any atom is -0.399 e. The second-order valence-corrected chi connectivity index (χ2v) is 5.86. The van der Waals surface area contributed by atoms with Gasteiger partial charge in [-0.05, 0) is 40.5 Å². The maximum absolute atomic E-state index is 11.5. The lowest BCUT2D eigenvalue weighted by Gasteiger charge is -2.09. The lowest BCUT2D eigenvalue weighted by molar-refractivity contribution is 0.600. The first-order chi connectivity index (χ1) is 6.94. The Labute approximate surface area is 98.0 Å². The number of anilines is 2. The number of nitrogens with one attached hydrogen (secondary N) is 1. The van der Waals surface area contributed by atoms with E-state index in [0.29, 0.717) is 22.3 Å². The fourth-order valence-corrected chi connectivity index (χ4v) is 2.73. The van der Waals surface area contributed by atoms with Crippen molar-refractivity contribution in [1.29, 1.82) is 0 Å². The van der Waals surface area contributed by atoms with E-state index in [1.807, 2.05) is 6.92 Å². The van der Waals surface area contributed by atoms with Crippen LogP contribution in [0.3, 0.4) is 0 Å². The van der Waals surface area contributed by atoms with E-state index < -0.39 is 10.0 Å². The molecule has 15 heavy (non-hydrogen) atoms. The molecule has 0 radical (unpaired) electrons. The molecule has 0 aliphatic rings. The lowest BCUT2D eigenvalue weighted by atomic mass is 10.3. The average molecular weight is 293 g/mol. The molecule has 84 valence electrons. The maximum atomic E-state index is 11.5. The van der Waals surface area contributed by atoms with E-state index in [1.165, 1.54) is 0 Å². The number of nitrogens with two attached hydrogens (primary N) is 1. The molecule has 0 bridgehead atoms. The van der Waals surface area contributed by atoms with E-state index in [0.717, 1.165) is 0 Å². The fourth-order valence-electron chi connectivity index (χ4n) is 1.11. The monoisotopic (exact) mass is 292 g/mol. The van der Waals surface area contributed by atoms with E-state index in [4.69, 9.17) is 5.73 Å². The maximum Gasteiger partial charge on any atom is 0.232 e. The summed E-state index contributed by atoms with van der Waals surface area (Å²) in [5.41, 5.74) is 6.56. The summed E-state index contributed by atoms with van der Waals surface area (Å²) in [5, 5.41) is 0. The summed E-state index contributed by atoms with van der Waals surface area (Å²) >= 11 is 3.25. The van der Waals surface area contributed by atoms with Crippen LogP contribution in [0, 0.1) is 0 Å². The molecule has 0 unspecified atom stereocenters. The van der Waals surface area contributed by atoms with Crippen molar-refractivity contribution in [2.24, 2.45) is 0 Å². The second-order valence-electron chi connectivity index (χ2n) is 3.16. The number of hydrogen-bond acceptors (Lipinski definition) is 3. The number of nitrogen functional groups attached to an aromatic ring is 1. The standard InChI is InChI=1S/C9H13BrN2O2S/c1-2-5-15(13,14)12-9-6-7(11)3-4-8(9)10/h3-4,6,12H,2,5,11H2,1H3. The summed E-state index contributed by atoms with van der Waals surface area (Å²) in [5.74, 6) is 0.105. The summed E-state index contributed by atoms with van der Waals surface area (Å²) in [4.78, 5) is 0. The van der Waals surface area contributed by atoms with Gasteiger partial charge in [0.1, 0.15) is 0 Å². The van der Waals surface area contributed by atoms with Gasteiger partial charge < -0.3 is 5.73 Å². The fraction of sp³-hybridized carbons (Fsp3) is 0.333. The molecule has 4 nitrogen and oxygen atoms in total. The zero-order chi connectivity index (χ0) is 11.5. The highest BCUT2D eigenvalue weighted by molar-refractivity contribution is 9.10. The molecule has 0 saturated heterocycles. The molecule has 1 aromatic rings. The summed E-state index contributed by atoms with van der Waals surface area (Å²) in [7, 11) is -3.26. The molecule has 0 aliphatic carbocycles. The Balaban J connectivity index is 2.94. The van der Waals surface area contributed by atoms with Crippen LogP contribution in [0.1, 0.15) is 13.3 Å². The van der Waals surface area contributed by atoms with Crippen molar-refractivity contribution in [2.75, 3.05) is 16.2 Å². The van der Waals surface area contributed by atoms with Crippen LogP contribution in [0.5, 0.6) is 0 Å². The average Bonchev–Trinajstić information content (AvgIpc) is 2.10. The van der Waals surface area contributed by atoms with Gasteiger partial charge in [0, 0.05) is 10.2 Å². The van der Waals surface area contributed by atoms with Gasteiger partial charge in [-0.1, -0.05) is 6.92 Å². The van der Waals surface area contributed by atoms with Crippen molar-refractivity contribution >= 4 is 37.3 Å². The molecule has 0 spiro atoms. The molecular weight excluding hydrogens is 280 g/mol. The molecule has 0 saturated carbocycles. The van der Waals surface area contributed by atoms with Gasteiger partial charge in [-0.2, -0.15) is 0 Å². The molecule has 0 atom stereocenters. The van der Waals surface area contributed by atoms with Crippen LogP contribution in [-0.2, 0) is 10.0 Å². The van der Waals surface area contributed by atoms with E-state index in [9.17, 15) is 8.42 Å². The van der Waals surface area contributed by atoms with E-state index in [1.54, 1.807) is 18.2 Å². The van der Waals surface area contributed by atoms with Gasteiger partial charge in [-0.3, -0.25) is 4.72 Å². The molecule has 6 heteroatoms. The molecule has 0 aromatic heterocycles. The molecule has 0 amide bonds. The van der Waals surface area contributed by atoms with Crippen LogP contribution in [-0.4, -0.2) is 14.2 Å². The third-order valence-corrected chi connectivity index (χ3v) is 3.90.